The summed E-state index contributed by atoms with van der Waals surface area (Å²) >= 11 is 0. The summed E-state index contributed by atoms with van der Waals surface area (Å²) in [5, 5.41) is 3.20. The first-order chi connectivity index (χ1) is 11.1. The molecule has 0 bridgehead atoms. The molecule has 0 aliphatic carbocycles. The van der Waals surface area contributed by atoms with Crippen LogP contribution in [-0.4, -0.2) is 36.5 Å². The van der Waals surface area contributed by atoms with E-state index in [4.69, 9.17) is 0 Å². The normalized spacial score (nSPS) is 18.0. The predicted octanol–water partition coefficient (Wildman–Crippen LogP) is 3.07. The Morgan fingerprint density at radius 1 is 1.13 bits per heavy atom. The number of hydrogen-bond acceptors (Lipinski definition) is 2. The summed E-state index contributed by atoms with van der Waals surface area (Å²) in [6.07, 6.45) is 0. The van der Waals surface area contributed by atoms with Gasteiger partial charge in [-0.3, -0.25) is 4.79 Å². The van der Waals surface area contributed by atoms with Crippen LogP contribution in [0.25, 0.3) is 11.1 Å². The summed E-state index contributed by atoms with van der Waals surface area (Å²) in [5.41, 5.74) is 1.40. The van der Waals surface area contributed by atoms with Gasteiger partial charge in [-0.05, 0) is 42.3 Å². The van der Waals surface area contributed by atoms with Crippen molar-refractivity contribution >= 4 is 5.91 Å². The van der Waals surface area contributed by atoms with E-state index in [1.807, 2.05) is 6.92 Å². The third-order valence-corrected chi connectivity index (χ3v) is 4.14. The molecule has 2 aromatic rings. The first-order valence-electron chi connectivity index (χ1n) is 7.63. The molecule has 3 nitrogen and oxygen atoms in total. The van der Waals surface area contributed by atoms with Gasteiger partial charge in [-0.25, -0.2) is 8.78 Å². The van der Waals surface area contributed by atoms with E-state index in [9.17, 15) is 13.6 Å². The fraction of sp³-hybridized carbons (Fsp3) is 0.278. The van der Waals surface area contributed by atoms with Crippen molar-refractivity contribution in [1.29, 1.82) is 0 Å². The molecule has 1 N–H and O–H groups in total. The zero-order valence-electron chi connectivity index (χ0n) is 12.9. The summed E-state index contributed by atoms with van der Waals surface area (Å²) in [5.74, 6) is -1.18. The largest absolute Gasteiger partial charge is 0.333 e. The van der Waals surface area contributed by atoms with Gasteiger partial charge in [0, 0.05) is 25.7 Å². The molecule has 1 heterocycles. The summed E-state index contributed by atoms with van der Waals surface area (Å²) in [6.45, 7) is 3.93. The third kappa shape index (κ3) is 3.24. The van der Waals surface area contributed by atoms with Gasteiger partial charge in [0.15, 0.2) is 0 Å². The lowest BCUT2D eigenvalue weighted by molar-refractivity contribution is 0.0651. The molecule has 0 aromatic heterocycles. The molecule has 1 aliphatic rings. The van der Waals surface area contributed by atoms with E-state index in [0.29, 0.717) is 30.8 Å². The molecule has 1 amide bonds. The Bertz CT molecular complexity index is 715. The van der Waals surface area contributed by atoms with Gasteiger partial charge >= 0.3 is 0 Å². The molecule has 2 aromatic carbocycles. The van der Waals surface area contributed by atoms with Crippen molar-refractivity contribution in [2.75, 3.05) is 19.6 Å². The van der Waals surface area contributed by atoms with Gasteiger partial charge < -0.3 is 10.2 Å². The van der Waals surface area contributed by atoms with Crippen LogP contribution in [0, 0.1) is 11.6 Å². The second-order valence-electron chi connectivity index (χ2n) is 5.75. The Morgan fingerprint density at radius 2 is 1.83 bits per heavy atom. The van der Waals surface area contributed by atoms with Gasteiger partial charge in [-0.15, -0.1) is 0 Å². The molecule has 1 aliphatic heterocycles. The maximum Gasteiger partial charge on any atom is 0.257 e. The SMILES string of the molecule is C[C@H]1CNCCN1C(=O)c1ccc(-c2ccc(F)cc2)cc1F. The Kier molecular flexibility index (Phi) is 4.39. The second kappa shape index (κ2) is 6.46. The zero-order chi connectivity index (χ0) is 16.4. The minimum atomic E-state index is -0.553. The fourth-order valence-electron chi connectivity index (χ4n) is 2.81. The van der Waals surface area contributed by atoms with Gasteiger partial charge in [0.05, 0.1) is 5.56 Å². The fourth-order valence-corrected chi connectivity index (χ4v) is 2.81. The van der Waals surface area contributed by atoms with Gasteiger partial charge in [-0.2, -0.15) is 0 Å². The summed E-state index contributed by atoms with van der Waals surface area (Å²) in [4.78, 5) is 14.2. The lowest BCUT2D eigenvalue weighted by atomic mass is 10.0. The number of amides is 1. The van der Waals surface area contributed by atoms with Crippen LogP contribution in [0.3, 0.4) is 0 Å². The van der Waals surface area contributed by atoms with Crippen LogP contribution < -0.4 is 5.32 Å². The van der Waals surface area contributed by atoms with Crippen LogP contribution in [0.15, 0.2) is 42.5 Å². The second-order valence-corrected chi connectivity index (χ2v) is 5.75. The summed E-state index contributed by atoms with van der Waals surface area (Å²) in [6, 6.07) is 10.4. The van der Waals surface area contributed by atoms with Crippen molar-refractivity contribution in [3.63, 3.8) is 0 Å². The highest BCUT2D eigenvalue weighted by molar-refractivity contribution is 5.95. The monoisotopic (exact) mass is 316 g/mol. The molecule has 1 saturated heterocycles. The molecule has 5 heteroatoms. The topological polar surface area (TPSA) is 32.3 Å². The van der Waals surface area contributed by atoms with Crippen molar-refractivity contribution in [2.45, 2.75) is 13.0 Å². The lowest BCUT2D eigenvalue weighted by Crippen LogP contribution is -2.52. The number of rotatable bonds is 2. The molecule has 1 atom stereocenters. The standard InChI is InChI=1S/C18H18F2N2O/c1-12-11-21-8-9-22(12)18(23)16-7-4-14(10-17(16)20)13-2-5-15(19)6-3-13/h2-7,10,12,21H,8-9,11H2,1H3/t12-/m0/s1. The van der Waals surface area contributed by atoms with Crippen molar-refractivity contribution in [1.82, 2.24) is 10.2 Å². The van der Waals surface area contributed by atoms with Gasteiger partial charge in [0.2, 0.25) is 0 Å². The van der Waals surface area contributed by atoms with Crippen molar-refractivity contribution in [3.05, 3.63) is 59.7 Å². The quantitative estimate of drug-likeness (QED) is 0.923. The highest BCUT2D eigenvalue weighted by atomic mass is 19.1. The maximum atomic E-state index is 14.4. The number of nitrogens with zero attached hydrogens (tertiary/aromatic N) is 1. The van der Waals surface area contributed by atoms with Crippen LogP contribution in [0.5, 0.6) is 0 Å². The van der Waals surface area contributed by atoms with Crippen LogP contribution in [-0.2, 0) is 0 Å². The number of hydrogen-bond donors (Lipinski definition) is 1. The van der Waals surface area contributed by atoms with E-state index >= 15 is 0 Å². The van der Waals surface area contributed by atoms with Crippen LogP contribution >= 0.6 is 0 Å². The van der Waals surface area contributed by atoms with E-state index < -0.39 is 5.82 Å². The van der Waals surface area contributed by atoms with Gasteiger partial charge in [0.25, 0.3) is 5.91 Å². The zero-order valence-corrected chi connectivity index (χ0v) is 12.9. The van der Waals surface area contributed by atoms with E-state index in [2.05, 4.69) is 5.32 Å². The Balaban J connectivity index is 1.87. The number of piperazine rings is 1. The molecule has 23 heavy (non-hydrogen) atoms. The Hall–Kier alpha value is -2.27. The Morgan fingerprint density at radius 3 is 2.48 bits per heavy atom. The number of carbonyl (C=O) groups is 1. The predicted molar refractivity (Wildman–Crippen MR) is 85.2 cm³/mol. The highest BCUT2D eigenvalue weighted by Crippen LogP contribution is 2.23. The molecular weight excluding hydrogens is 298 g/mol. The van der Waals surface area contributed by atoms with Gasteiger partial charge in [-0.1, -0.05) is 18.2 Å². The summed E-state index contributed by atoms with van der Waals surface area (Å²) in [7, 11) is 0. The van der Waals surface area contributed by atoms with E-state index in [1.165, 1.54) is 24.3 Å². The number of carbonyl (C=O) groups excluding carboxylic acids is 1. The molecule has 1 fully saturated rings. The van der Waals surface area contributed by atoms with Crippen molar-refractivity contribution in [3.8, 4) is 11.1 Å². The number of halogens is 2. The van der Waals surface area contributed by atoms with Gasteiger partial charge in [0.1, 0.15) is 11.6 Å². The smallest absolute Gasteiger partial charge is 0.257 e. The van der Waals surface area contributed by atoms with Crippen molar-refractivity contribution in [2.24, 2.45) is 0 Å². The van der Waals surface area contributed by atoms with Crippen LogP contribution in [0.4, 0.5) is 8.78 Å². The minimum absolute atomic E-state index is 0.0347. The first-order valence-corrected chi connectivity index (χ1v) is 7.63. The third-order valence-electron chi connectivity index (χ3n) is 4.14. The molecular formula is C18H18F2N2O. The average molecular weight is 316 g/mol. The number of nitrogens with one attached hydrogen (secondary N) is 1. The van der Waals surface area contributed by atoms with E-state index in [-0.39, 0.29) is 23.3 Å². The minimum Gasteiger partial charge on any atom is -0.333 e. The molecule has 0 radical (unpaired) electrons. The van der Waals surface area contributed by atoms with Crippen LogP contribution in [0.2, 0.25) is 0 Å². The van der Waals surface area contributed by atoms with Crippen molar-refractivity contribution < 1.29 is 13.6 Å². The first kappa shape index (κ1) is 15.6. The number of benzene rings is 2. The molecule has 0 spiro atoms. The molecule has 3 rings (SSSR count). The highest BCUT2D eigenvalue weighted by Gasteiger charge is 2.26. The lowest BCUT2D eigenvalue weighted by Gasteiger charge is -2.34. The van der Waals surface area contributed by atoms with Crippen LogP contribution in [0.1, 0.15) is 17.3 Å². The average Bonchev–Trinajstić information content (AvgIpc) is 2.55. The molecule has 0 unspecified atom stereocenters. The maximum absolute atomic E-state index is 14.4. The molecule has 0 saturated carbocycles. The van der Waals surface area contributed by atoms with E-state index in [0.717, 1.165) is 0 Å². The summed E-state index contributed by atoms with van der Waals surface area (Å²) < 4.78 is 27.4. The molecule has 120 valence electrons. The Labute approximate surface area is 133 Å². The van der Waals surface area contributed by atoms with E-state index in [1.54, 1.807) is 23.1 Å².